The molecule has 21 heavy (non-hydrogen) atoms. The summed E-state index contributed by atoms with van der Waals surface area (Å²) in [5.41, 5.74) is -0.0766. The van der Waals surface area contributed by atoms with Crippen molar-refractivity contribution in [3.8, 4) is 5.75 Å². The first-order valence-electron chi connectivity index (χ1n) is 6.94. The second kappa shape index (κ2) is 6.98. The Bertz CT molecular complexity index is 499. The van der Waals surface area contributed by atoms with Gasteiger partial charge in [-0.05, 0) is 18.8 Å². The number of amides is 2. The predicted octanol–water partition coefficient (Wildman–Crippen LogP) is 3.61. The fourth-order valence-corrected chi connectivity index (χ4v) is 2.68. The third-order valence-electron chi connectivity index (χ3n) is 3.71. The number of phenolic OH excluding ortho intramolecular Hbond substituents is 1. The lowest BCUT2D eigenvalue weighted by Crippen LogP contribution is -2.37. The van der Waals surface area contributed by atoms with Gasteiger partial charge in [-0.25, -0.2) is 17.9 Å². The fourth-order valence-electron chi connectivity index (χ4n) is 2.49. The van der Waals surface area contributed by atoms with Crippen molar-refractivity contribution in [2.45, 2.75) is 32.1 Å². The van der Waals surface area contributed by atoms with Crippen molar-refractivity contribution < 1.29 is 18.7 Å². The van der Waals surface area contributed by atoms with Gasteiger partial charge in [-0.2, -0.15) is 0 Å². The molecule has 0 heterocycles. The molecule has 0 aliphatic heterocycles. The van der Waals surface area contributed by atoms with Crippen molar-refractivity contribution in [3.05, 3.63) is 23.8 Å². The van der Waals surface area contributed by atoms with Gasteiger partial charge in [0.05, 0.1) is 5.69 Å². The minimum atomic E-state index is -1.14. The number of thiol groups is 1. The zero-order valence-electron chi connectivity index (χ0n) is 11.5. The predicted molar refractivity (Wildman–Crippen MR) is 79.5 cm³/mol. The first kappa shape index (κ1) is 15.9. The van der Waals surface area contributed by atoms with Crippen LogP contribution in [0.1, 0.15) is 32.1 Å². The highest BCUT2D eigenvalue weighted by atomic mass is 32.1. The van der Waals surface area contributed by atoms with Crippen LogP contribution in [0.25, 0.3) is 0 Å². The minimum Gasteiger partial charge on any atom is -0.503 e. The molecule has 4 nitrogen and oxygen atoms in total. The molecule has 0 unspecified atom stereocenters. The van der Waals surface area contributed by atoms with E-state index in [9.17, 15) is 13.6 Å². The third-order valence-corrected chi connectivity index (χ3v) is 4.12. The summed E-state index contributed by atoms with van der Waals surface area (Å²) in [6, 6.07) is 1.16. The van der Waals surface area contributed by atoms with Gasteiger partial charge in [0.1, 0.15) is 0 Å². The van der Waals surface area contributed by atoms with Crippen molar-refractivity contribution in [1.29, 1.82) is 0 Å². The standard InChI is InChI=1S/C14H18F2N2O2S/c15-11-6-10(7-12(16)13(11)19)18(21)14(20)17-8-9-4-2-1-3-5-9/h6-7,9,19,21H,1-5,8H2,(H,17,20). The molecule has 0 atom stereocenters. The Morgan fingerprint density at radius 1 is 1.29 bits per heavy atom. The highest BCUT2D eigenvalue weighted by Crippen LogP contribution is 2.27. The maximum absolute atomic E-state index is 13.3. The van der Waals surface area contributed by atoms with Crippen LogP contribution in [0.15, 0.2) is 12.1 Å². The summed E-state index contributed by atoms with van der Waals surface area (Å²) in [5, 5.41) is 11.7. The van der Waals surface area contributed by atoms with E-state index in [0.29, 0.717) is 12.5 Å². The lowest BCUT2D eigenvalue weighted by atomic mass is 9.89. The molecular weight excluding hydrogens is 298 g/mol. The van der Waals surface area contributed by atoms with E-state index in [4.69, 9.17) is 5.11 Å². The van der Waals surface area contributed by atoms with E-state index in [1.807, 2.05) is 0 Å². The maximum atomic E-state index is 13.3. The molecule has 1 aliphatic carbocycles. The van der Waals surface area contributed by atoms with E-state index in [1.54, 1.807) is 0 Å². The van der Waals surface area contributed by atoms with Crippen LogP contribution in [-0.4, -0.2) is 17.7 Å². The second-order valence-electron chi connectivity index (χ2n) is 5.26. The van der Waals surface area contributed by atoms with Crippen LogP contribution in [0.4, 0.5) is 19.3 Å². The van der Waals surface area contributed by atoms with Crippen molar-refractivity contribution >= 4 is 24.5 Å². The molecule has 2 N–H and O–H groups in total. The Hall–Kier alpha value is -1.50. The smallest absolute Gasteiger partial charge is 0.331 e. The SMILES string of the molecule is O=C(NCC1CCCCC1)N(S)c1cc(F)c(O)c(F)c1. The lowest BCUT2D eigenvalue weighted by molar-refractivity contribution is 0.245. The van der Waals surface area contributed by atoms with Crippen LogP contribution in [0.2, 0.25) is 0 Å². The van der Waals surface area contributed by atoms with Gasteiger partial charge in [-0.3, -0.25) is 0 Å². The van der Waals surface area contributed by atoms with Gasteiger partial charge in [0.25, 0.3) is 0 Å². The molecule has 7 heteroatoms. The van der Waals surface area contributed by atoms with E-state index >= 15 is 0 Å². The molecule has 1 aromatic rings. The number of carbonyl (C=O) groups excluding carboxylic acids is 1. The number of nitrogens with zero attached hydrogens (tertiary/aromatic N) is 1. The van der Waals surface area contributed by atoms with E-state index in [0.717, 1.165) is 29.3 Å². The van der Waals surface area contributed by atoms with Crippen LogP contribution in [0.5, 0.6) is 5.75 Å². The van der Waals surface area contributed by atoms with Crippen molar-refractivity contribution in [1.82, 2.24) is 5.32 Å². The normalized spacial score (nSPS) is 15.8. The summed E-state index contributed by atoms with van der Waals surface area (Å²) in [6.07, 6.45) is 5.72. The molecule has 0 bridgehead atoms. The molecule has 1 fully saturated rings. The molecule has 116 valence electrons. The summed E-state index contributed by atoms with van der Waals surface area (Å²) in [7, 11) is 0. The van der Waals surface area contributed by atoms with Crippen LogP contribution in [0.3, 0.4) is 0 Å². The molecular formula is C14H18F2N2O2S. The van der Waals surface area contributed by atoms with Gasteiger partial charge in [0, 0.05) is 18.7 Å². The quantitative estimate of drug-likeness (QED) is 0.746. The number of benzene rings is 1. The molecule has 0 radical (unpaired) electrons. The van der Waals surface area contributed by atoms with Crippen molar-refractivity contribution in [2.75, 3.05) is 10.8 Å². The number of nitrogens with one attached hydrogen (secondary N) is 1. The highest BCUT2D eigenvalue weighted by molar-refractivity contribution is 7.82. The number of hydrogen-bond acceptors (Lipinski definition) is 3. The Morgan fingerprint density at radius 3 is 2.43 bits per heavy atom. The van der Waals surface area contributed by atoms with E-state index in [-0.39, 0.29) is 5.69 Å². The summed E-state index contributed by atoms with van der Waals surface area (Å²) in [5.74, 6) is -2.89. The number of phenols is 1. The summed E-state index contributed by atoms with van der Waals surface area (Å²) < 4.78 is 27.3. The monoisotopic (exact) mass is 316 g/mol. The van der Waals surface area contributed by atoms with Crippen molar-refractivity contribution in [3.63, 3.8) is 0 Å². The van der Waals surface area contributed by atoms with Crippen LogP contribution in [-0.2, 0) is 0 Å². The number of carbonyl (C=O) groups is 1. The number of rotatable bonds is 3. The van der Waals surface area contributed by atoms with E-state index in [1.165, 1.54) is 19.3 Å². The number of anilines is 1. The summed E-state index contributed by atoms with van der Waals surface area (Å²) in [6.45, 7) is 0.527. The third kappa shape index (κ3) is 4.00. The van der Waals surface area contributed by atoms with Gasteiger partial charge in [0.15, 0.2) is 17.4 Å². The molecule has 0 aromatic heterocycles. The molecule has 0 spiro atoms. The molecule has 2 amide bonds. The van der Waals surface area contributed by atoms with Gasteiger partial charge in [-0.1, -0.05) is 32.1 Å². The minimum absolute atomic E-state index is 0.0766. The fraction of sp³-hybridized carbons (Fsp3) is 0.500. The van der Waals surface area contributed by atoms with Crippen LogP contribution >= 0.6 is 12.8 Å². The van der Waals surface area contributed by atoms with Gasteiger partial charge in [0.2, 0.25) is 0 Å². The number of hydrogen-bond donors (Lipinski definition) is 3. The Kier molecular flexibility index (Phi) is 5.27. The largest absolute Gasteiger partial charge is 0.503 e. The zero-order valence-corrected chi connectivity index (χ0v) is 12.4. The molecule has 0 saturated heterocycles. The Balaban J connectivity index is 1.95. The molecule has 2 rings (SSSR count). The number of aromatic hydroxyl groups is 1. The molecule has 1 aliphatic rings. The number of urea groups is 1. The maximum Gasteiger partial charge on any atom is 0.331 e. The highest BCUT2D eigenvalue weighted by Gasteiger charge is 2.19. The average Bonchev–Trinajstić information content (AvgIpc) is 2.50. The van der Waals surface area contributed by atoms with E-state index in [2.05, 4.69) is 18.1 Å². The van der Waals surface area contributed by atoms with Crippen LogP contribution in [0, 0.1) is 17.6 Å². The Labute approximate surface area is 127 Å². The Morgan fingerprint density at radius 2 is 1.86 bits per heavy atom. The summed E-state index contributed by atoms with van der Waals surface area (Å²) >= 11 is 3.95. The van der Waals surface area contributed by atoms with Gasteiger partial charge < -0.3 is 10.4 Å². The first-order valence-corrected chi connectivity index (χ1v) is 7.34. The van der Waals surface area contributed by atoms with Gasteiger partial charge >= 0.3 is 6.03 Å². The van der Waals surface area contributed by atoms with Crippen molar-refractivity contribution in [2.24, 2.45) is 5.92 Å². The molecule has 1 aromatic carbocycles. The van der Waals surface area contributed by atoms with E-state index < -0.39 is 23.4 Å². The zero-order chi connectivity index (χ0) is 15.4. The molecule has 1 saturated carbocycles. The topological polar surface area (TPSA) is 52.6 Å². The second-order valence-corrected chi connectivity index (χ2v) is 5.66. The average molecular weight is 316 g/mol. The lowest BCUT2D eigenvalue weighted by Gasteiger charge is -2.23. The summed E-state index contributed by atoms with van der Waals surface area (Å²) in [4.78, 5) is 11.9. The number of halogens is 2. The van der Waals surface area contributed by atoms with Crippen LogP contribution < -0.4 is 9.62 Å². The first-order chi connectivity index (χ1) is 9.99. The van der Waals surface area contributed by atoms with Gasteiger partial charge in [-0.15, -0.1) is 0 Å².